The Labute approximate surface area is 224 Å². The van der Waals surface area contributed by atoms with E-state index in [1.807, 2.05) is 0 Å². The van der Waals surface area contributed by atoms with E-state index in [0.717, 1.165) is 19.6 Å². The van der Waals surface area contributed by atoms with Crippen LogP contribution in [0.3, 0.4) is 0 Å². The van der Waals surface area contributed by atoms with E-state index in [0.29, 0.717) is 5.04 Å². The summed E-state index contributed by atoms with van der Waals surface area (Å²) >= 11 is 0. The highest BCUT2D eigenvalue weighted by Crippen LogP contribution is 2.36. The number of hydrogen-bond donors (Lipinski definition) is 0. The van der Waals surface area contributed by atoms with Crippen molar-refractivity contribution >= 4 is 27.3 Å². The summed E-state index contributed by atoms with van der Waals surface area (Å²) < 4.78 is 19.9. The highest BCUT2D eigenvalue weighted by Gasteiger charge is 2.45. The average Bonchev–Trinajstić information content (AvgIpc) is 2.81. The molecule has 0 aromatic heterocycles. The molecule has 0 N–H and O–H groups in total. The highest BCUT2D eigenvalue weighted by atomic mass is 28.4. The zero-order chi connectivity index (χ0) is 26.7. The molecule has 0 aliphatic heterocycles. The van der Waals surface area contributed by atoms with Gasteiger partial charge in [-0.2, -0.15) is 0 Å². The Morgan fingerprint density at radius 1 is 0.556 bits per heavy atom. The van der Waals surface area contributed by atoms with Crippen molar-refractivity contribution < 1.29 is 13.3 Å². The van der Waals surface area contributed by atoms with Crippen molar-refractivity contribution in [1.82, 2.24) is 0 Å². The van der Waals surface area contributed by atoms with Crippen LogP contribution in [-0.2, 0) is 13.3 Å². The van der Waals surface area contributed by atoms with Gasteiger partial charge in [-0.3, -0.25) is 0 Å². The van der Waals surface area contributed by atoms with E-state index in [2.05, 4.69) is 115 Å². The lowest BCUT2D eigenvalue weighted by atomic mass is 10.1. The molecule has 0 aliphatic rings. The normalized spacial score (nSPS) is 13.2. The minimum Gasteiger partial charge on any atom is -0.417 e. The van der Waals surface area contributed by atoms with Crippen LogP contribution in [0.25, 0.3) is 0 Å². The fraction of sp³-hybridized carbons (Fsp3) is 0.613. The Balaban J connectivity index is 1.82. The molecular formula is C31H52O3Si2. The molecule has 2 rings (SSSR count). The standard InChI is InChI=1S/C31H52O3Si2/c1-30(2,3)34-36(28-22-16-14-17-23-28,29-24-18-15-19-25-29)33-27-21-13-11-9-10-12-20-26-32-35(7,8)31(4,5)6/h14-19,22-25H,9-13,20-21,26-27H2,1-8H3. The minimum atomic E-state index is -2.81. The first-order valence-electron chi connectivity index (χ1n) is 14.0. The largest absolute Gasteiger partial charge is 0.417 e. The van der Waals surface area contributed by atoms with Gasteiger partial charge in [0, 0.05) is 13.2 Å². The molecule has 0 saturated carbocycles. The molecule has 0 spiro atoms. The van der Waals surface area contributed by atoms with E-state index < -0.39 is 16.9 Å². The summed E-state index contributed by atoms with van der Waals surface area (Å²) in [5.41, 5.74) is -0.299. The molecule has 0 amide bonds. The molecule has 0 fully saturated rings. The molecule has 0 saturated heterocycles. The minimum absolute atomic E-state index is 0.299. The summed E-state index contributed by atoms with van der Waals surface area (Å²) in [5, 5.41) is 2.64. The first-order valence-corrected chi connectivity index (χ1v) is 18.7. The zero-order valence-corrected chi connectivity index (χ0v) is 26.4. The third-order valence-electron chi connectivity index (χ3n) is 7.12. The van der Waals surface area contributed by atoms with Crippen LogP contribution >= 0.6 is 0 Å². The second kappa shape index (κ2) is 14.1. The summed E-state index contributed by atoms with van der Waals surface area (Å²) in [6.45, 7) is 19.6. The molecule has 0 aliphatic carbocycles. The molecule has 0 unspecified atom stereocenters. The lowest BCUT2D eigenvalue weighted by Gasteiger charge is -2.37. The molecule has 202 valence electrons. The topological polar surface area (TPSA) is 27.7 Å². The molecule has 36 heavy (non-hydrogen) atoms. The van der Waals surface area contributed by atoms with E-state index >= 15 is 0 Å². The maximum Gasteiger partial charge on any atom is 0.407 e. The summed E-state index contributed by atoms with van der Waals surface area (Å²) in [7, 11) is -4.41. The van der Waals surface area contributed by atoms with Crippen molar-refractivity contribution in [2.24, 2.45) is 0 Å². The van der Waals surface area contributed by atoms with E-state index in [-0.39, 0.29) is 5.60 Å². The number of hydrogen-bond acceptors (Lipinski definition) is 3. The van der Waals surface area contributed by atoms with Gasteiger partial charge in [0.15, 0.2) is 8.32 Å². The van der Waals surface area contributed by atoms with Crippen molar-refractivity contribution in [3.05, 3.63) is 60.7 Å². The predicted molar refractivity (Wildman–Crippen MR) is 160 cm³/mol. The van der Waals surface area contributed by atoms with Crippen LogP contribution in [0.4, 0.5) is 0 Å². The van der Waals surface area contributed by atoms with Crippen LogP contribution in [0.2, 0.25) is 18.1 Å². The lowest BCUT2D eigenvalue weighted by molar-refractivity contribution is 0.0770. The number of benzene rings is 2. The average molecular weight is 529 g/mol. The molecule has 0 radical (unpaired) electrons. The van der Waals surface area contributed by atoms with Gasteiger partial charge in [-0.1, -0.05) is 114 Å². The van der Waals surface area contributed by atoms with Crippen molar-refractivity contribution in [2.75, 3.05) is 13.2 Å². The SMILES string of the molecule is CC(C)(C)O[Si](OCCCCCCCCCO[Si](C)(C)C(C)(C)C)(c1ccccc1)c1ccccc1. The van der Waals surface area contributed by atoms with E-state index in [4.69, 9.17) is 13.3 Å². The van der Waals surface area contributed by atoms with Gasteiger partial charge in [0.25, 0.3) is 0 Å². The quantitative estimate of drug-likeness (QED) is 0.174. The highest BCUT2D eigenvalue weighted by molar-refractivity contribution is 6.92. The van der Waals surface area contributed by atoms with Crippen molar-refractivity contribution in [3.8, 4) is 0 Å². The van der Waals surface area contributed by atoms with Crippen LogP contribution in [-0.4, -0.2) is 35.7 Å². The third kappa shape index (κ3) is 9.90. The van der Waals surface area contributed by atoms with Crippen molar-refractivity contribution in [2.45, 2.75) is 110 Å². The van der Waals surface area contributed by atoms with Crippen LogP contribution in [0, 0.1) is 0 Å². The second-order valence-electron chi connectivity index (χ2n) is 12.5. The van der Waals surface area contributed by atoms with E-state index in [1.54, 1.807) is 0 Å². The van der Waals surface area contributed by atoms with Gasteiger partial charge < -0.3 is 13.3 Å². The van der Waals surface area contributed by atoms with Crippen LogP contribution in [0.15, 0.2) is 60.7 Å². The fourth-order valence-corrected chi connectivity index (χ4v) is 8.68. The summed E-state index contributed by atoms with van der Waals surface area (Å²) in [6, 6.07) is 21.1. The molecule has 5 heteroatoms. The van der Waals surface area contributed by atoms with Crippen LogP contribution in [0.1, 0.15) is 86.5 Å². The molecule has 0 bridgehead atoms. The Morgan fingerprint density at radius 3 is 1.33 bits per heavy atom. The fourth-order valence-electron chi connectivity index (χ4n) is 4.07. The number of rotatable bonds is 15. The Bertz CT molecular complexity index is 815. The van der Waals surface area contributed by atoms with Gasteiger partial charge in [0.05, 0.1) is 5.60 Å². The van der Waals surface area contributed by atoms with Crippen LogP contribution < -0.4 is 10.4 Å². The number of unbranched alkanes of at least 4 members (excludes halogenated alkanes) is 6. The molecular weight excluding hydrogens is 477 g/mol. The van der Waals surface area contributed by atoms with E-state index in [1.165, 1.54) is 48.9 Å². The lowest BCUT2D eigenvalue weighted by Crippen LogP contribution is -2.65. The molecule has 2 aromatic rings. The van der Waals surface area contributed by atoms with Gasteiger partial charge in [-0.15, -0.1) is 0 Å². The van der Waals surface area contributed by atoms with E-state index in [9.17, 15) is 0 Å². The Hall–Kier alpha value is -1.25. The van der Waals surface area contributed by atoms with Crippen molar-refractivity contribution in [3.63, 3.8) is 0 Å². The second-order valence-corrected chi connectivity index (χ2v) is 20.2. The molecule has 0 atom stereocenters. The van der Waals surface area contributed by atoms with Gasteiger partial charge >= 0.3 is 8.56 Å². The summed E-state index contributed by atoms with van der Waals surface area (Å²) in [5.74, 6) is 0. The maximum absolute atomic E-state index is 6.83. The van der Waals surface area contributed by atoms with Crippen LogP contribution in [0.5, 0.6) is 0 Å². The molecule has 3 nitrogen and oxygen atoms in total. The van der Waals surface area contributed by atoms with Gasteiger partial charge in [-0.25, -0.2) is 0 Å². The predicted octanol–water partition coefficient (Wildman–Crippen LogP) is 7.83. The summed E-state index contributed by atoms with van der Waals surface area (Å²) in [6.07, 6.45) is 8.56. The first kappa shape index (κ1) is 31.0. The monoisotopic (exact) mass is 528 g/mol. The van der Waals surface area contributed by atoms with Gasteiger partial charge in [0.1, 0.15) is 0 Å². The summed E-state index contributed by atoms with van der Waals surface area (Å²) in [4.78, 5) is 0. The molecule has 0 heterocycles. The first-order chi connectivity index (χ1) is 16.9. The Morgan fingerprint density at radius 2 is 0.944 bits per heavy atom. The van der Waals surface area contributed by atoms with Gasteiger partial charge in [0.2, 0.25) is 0 Å². The molecule has 2 aromatic carbocycles. The third-order valence-corrected chi connectivity index (χ3v) is 15.4. The maximum atomic E-state index is 6.83. The zero-order valence-electron chi connectivity index (χ0n) is 24.4. The Kier molecular flexibility index (Phi) is 12.1. The van der Waals surface area contributed by atoms with Gasteiger partial charge in [-0.05, 0) is 62.1 Å². The van der Waals surface area contributed by atoms with Crippen molar-refractivity contribution in [1.29, 1.82) is 0 Å². The smallest absolute Gasteiger partial charge is 0.407 e.